The Morgan fingerprint density at radius 3 is 2.48 bits per heavy atom. The molecule has 3 rings (SSSR count). The Hall–Kier alpha value is -2.73. The number of rotatable bonds is 4. The Morgan fingerprint density at radius 1 is 1.04 bits per heavy atom. The van der Waals surface area contributed by atoms with E-state index in [1.807, 2.05) is 48.5 Å². The van der Waals surface area contributed by atoms with Crippen molar-refractivity contribution in [2.24, 2.45) is 5.10 Å². The van der Waals surface area contributed by atoms with Crippen molar-refractivity contribution in [3.8, 4) is 0 Å². The monoisotopic (exact) mass is 369 g/mol. The van der Waals surface area contributed by atoms with E-state index in [9.17, 15) is 4.79 Å². The van der Waals surface area contributed by atoms with Gasteiger partial charge in [0.2, 0.25) is 0 Å². The van der Waals surface area contributed by atoms with Crippen molar-refractivity contribution >= 4 is 27.5 Å². The highest BCUT2D eigenvalue weighted by molar-refractivity contribution is 9.10. The summed E-state index contributed by atoms with van der Waals surface area (Å²) in [7, 11) is 0. The quantitative estimate of drug-likeness (QED) is 0.564. The maximum atomic E-state index is 12.1. The van der Waals surface area contributed by atoms with Crippen molar-refractivity contribution in [1.82, 2.24) is 10.4 Å². The zero-order valence-electron chi connectivity index (χ0n) is 11.9. The van der Waals surface area contributed by atoms with Crippen LogP contribution < -0.4 is 5.43 Å². The van der Waals surface area contributed by atoms with E-state index in [2.05, 4.69) is 31.4 Å². The van der Waals surface area contributed by atoms with Crippen molar-refractivity contribution in [2.75, 3.05) is 0 Å². The first-order valence-electron chi connectivity index (χ1n) is 6.84. The molecule has 3 aromatic rings. The summed E-state index contributed by atoms with van der Waals surface area (Å²) in [5.41, 5.74) is 4.60. The Bertz CT molecular complexity index is 788. The van der Waals surface area contributed by atoms with Crippen LogP contribution in [0.2, 0.25) is 0 Å². The van der Waals surface area contributed by atoms with Gasteiger partial charge in [0, 0.05) is 11.8 Å². The van der Waals surface area contributed by atoms with Crippen molar-refractivity contribution in [3.63, 3.8) is 0 Å². The third-order valence-corrected chi connectivity index (χ3v) is 3.45. The van der Waals surface area contributed by atoms with Gasteiger partial charge in [0.1, 0.15) is 5.71 Å². The molecule has 0 aliphatic carbocycles. The Morgan fingerprint density at radius 2 is 1.83 bits per heavy atom. The fraction of sp³-hybridized carbons (Fsp3) is 0. The number of halogens is 1. The first-order valence-corrected chi connectivity index (χ1v) is 7.63. The van der Waals surface area contributed by atoms with E-state index in [-0.39, 0.29) is 5.76 Å². The molecule has 0 bridgehead atoms. The molecule has 1 aromatic carbocycles. The summed E-state index contributed by atoms with van der Waals surface area (Å²) < 4.78 is 5.69. The highest BCUT2D eigenvalue weighted by Gasteiger charge is 2.12. The van der Waals surface area contributed by atoms with E-state index < -0.39 is 5.91 Å². The van der Waals surface area contributed by atoms with E-state index in [1.54, 1.807) is 18.3 Å². The molecule has 0 unspecified atom stereocenters. The number of carbonyl (C=O) groups excluding carboxylic acids is 1. The Kier molecular flexibility index (Phi) is 4.63. The maximum Gasteiger partial charge on any atom is 0.307 e. The molecule has 0 aliphatic rings. The second-order valence-electron chi connectivity index (χ2n) is 4.59. The standard InChI is InChI=1S/C17H12BrN3O2/c18-15-10-9-14(23-15)17(22)21-20-16(12-6-2-1-3-7-12)13-8-4-5-11-19-13/h1-11H,(H,21,22). The van der Waals surface area contributed by atoms with Gasteiger partial charge in [-0.3, -0.25) is 9.78 Å². The molecule has 6 heteroatoms. The fourth-order valence-electron chi connectivity index (χ4n) is 1.97. The molecular formula is C17H12BrN3O2. The lowest BCUT2D eigenvalue weighted by atomic mass is 10.1. The number of nitrogens with zero attached hydrogens (tertiary/aromatic N) is 2. The minimum absolute atomic E-state index is 0.175. The minimum atomic E-state index is -0.430. The molecule has 114 valence electrons. The summed E-state index contributed by atoms with van der Waals surface area (Å²) in [6.45, 7) is 0. The van der Waals surface area contributed by atoms with Crippen molar-refractivity contribution in [1.29, 1.82) is 0 Å². The smallest absolute Gasteiger partial charge is 0.307 e. The lowest BCUT2D eigenvalue weighted by molar-refractivity contribution is 0.0926. The number of aromatic nitrogens is 1. The zero-order valence-corrected chi connectivity index (χ0v) is 13.5. The maximum absolute atomic E-state index is 12.1. The predicted octanol–water partition coefficient (Wildman–Crippen LogP) is 3.62. The fourth-order valence-corrected chi connectivity index (χ4v) is 2.27. The van der Waals surface area contributed by atoms with Crippen LogP contribution in [0.5, 0.6) is 0 Å². The normalized spacial score (nSPS) is 11.3. The molecule has 2 heterocycles. The van der Waals surface area contributed by atoms with Crippen LogP contribution in [0.4, 0.5) is 0 Å². The van der Waals surface area contributed by atoms with Crippen LogP contribution in [-0.2, 0) is 0 Å². The van der Waals surface area contributed by atoms with E-state index in [4.69, 9.17) is 4.42 Å². The molecule has 0 atom stereocenters. The van der Waals surface area contributed by atoms with Gasteiger partial charge < -0.3 is 4.42 Å². The zero-order chi connectivity index (χ0) is 16.1. The largest absolute Gasteiger partial charge is 0.444 e. The van der Waals surface area contributed by atoms with E-state index >= 15 is 0 Å². The highest BCUT2D eigenvalue weighted by atomic mass is 79.9. The van der Waals surface area contributed by atoms with Gasteiger partial charge in [0.05, 0.1) is 5.69 Å². The number of furan rings is 1. The highest BCUT2D eigenvalue weighted by Crippen LogP contribution is 2.14. The van der Waals surface area contributed by atoms with Crippen LogP contribution in [0.1, 0.15) is 21.8 Å². The van der Waals surface area contributed by atoms with Gasteiger partial charge in [-0.15, -0.1) is 0 Å². The van der Waals surface area contributed by atoms with Crippen LogP contribution in [-0.4, -0.2) is 16.6 Å². The third kappa shape index (κ3) is 3.73. The molecule has 0 saturated heterocycles. The molecular weight excluding hydrogens is 358 g/mol. The predicted molar refractivity (Wildman–Crippen MR) is 90.2 cm³/mol. The van der Waals surface area contributed by atoms with E-state index in [1.165, 1.54) is 0 Å². The van der Waals surface area contributed by atoms with Gasteiger partial charge in [-0.2, -0.15) is 5.10 Å². The van der Waals surface area contributed by atoms with Crippen molar-refractivity contribution in [2.45, 2.75) is 0 Å². The number of hydrazone groups is 1. The van der Waals surface area contributed by atoms with Crippen LogP contribution in [0.15, 0.2) is 81.0 Å². The number of hydrogen-bond acceptors (Lipinski definition) is 4. The average molecular weight is 370 g/mol. The molecule has 1 N–H and O–H groups in total. The molecule has 0 spiro atoms. The number of hydrogen-bond donors (Lipinski definition) is 1. The Labute approximate surface area is 141 Å². The van der Waals surface area contributed by atoms with Gasteiger partial charge in [-0.1, -0.05) is 36.4 Å². The number of benzene rings is 1. The molecule has 23 heavy (non-hydrogen) atoms. The summed E-state index contributed by atoms with van der Waals surface area (Å²) >= 11 is 3.16. The molecule has 0 aliphatic heterocycles. The molecule has 1 amide bonds. The first-order chi connectivity index (χ1) is 11.2. The minimum Gasteiger partial charge on any atom is -0.444 e. The average Bonchev–Trinajstić information content (AvgIpc) is 3.03. The number of amides is 1. The first kappa shape index (κ1) is 15.2. The van der Waals surface area contributed by atoms with Crippen molar-refractivity contribution in [3.05, 3.63) is 88.5 Å². The summed E-state index contributed by atoms with van der Waals surface area (Å²) in [5.74, 6) is -0.255. The summed E-state index contributed by atoms with van der Waals surface area (Å²) in [4.78, 5) is 16.4. The second-order valence-corrected chi connectivity index (χ2v) is 5.37. The summed E-state index contributed by atoms with van der Waals surface area (Å²) in [6, 6.07) is 18.3. The second kappa shape index (κ2) is 7.02. The molecule has 0 fully saturated rings. The third-order valence-electron chi connectivity index (χ3n) is 3.02. The summed E-state index contributed by atoms with van der Waals surface area (Å²) in [6.07, 6.45) is 1.68. The van der Waals surface area contributed by atoms with E-state index in [0.717, 1.165) is 5.56 Å². The molecule has 0 saturated carbocycles. The van der Waals surface area contributed by atoms with Crippen LogP contribution >= 0.6 is 15.9 Å². The lowest BCUT2D eigenvalue weighted by Crippen LogP contribution is -2.20. The van der Waals surface area contributed by atoms with Crippen LogP contribution in [0, 0.1) is 0 Å². The SMILES string of the molecule is O=C(NN=C(c1ccccc1)c1ccccn1)c1ccc(Br)o1. The topological polar surface area (TPSA) is 67.5 Å². The molecule has 5 nitrogen and oxygen atoms in total. The van der Waals surface area contributed by atoms with Gasteiger partial charge in [-0.05, 0) is 40.2 Å². The number of carbonyl (C=O) groups is 1. The van der Waals surface area contributed by atoms with Crippen LogP contribution in [0.25, 0.3) is 0 Å². The van der Waals surface area contributed by atoms with Crippen LogP contribution in [0.3, 0.4) is 0 Å². The molecule has 2 aromatic heterocycles. The van der Waals surface area contributed by atoms with Crippen molar-refractivity contribution < 1.29 is 9.21 Å². The number of nitrogens with one attached hydrogen (secondary N) is 1. The lowest BCUT2D eigenvalue weighted by Gasteiger charge is -2.06. The van der Waals surface area contributed by atoms with E-state index in [0.29, 0.717) is 16.1 Å². The number of pyridine rings is 1. The van der Waals surface area contributed by atoms with Gasteiger partial charge in [0.15, 0.2) is 10.4 Å². The summed E-state index contributed by atoms with van der Waals surface area (Å²) in [5, 5.41) is 4.23. The van der Waals surface area contributed by atoms with Gasteiger partial charge in [0.25, 0.3) is 0 Å². The Balaban J connectivity index is 1.91. The van der Waals surface area contributed by atoms with Gasteiger partial charge in [-0.25, -0.2) is 5.43 Å². The molecule has 0 radical (unpaired) electrons. The van der Waals surface area contributed by atoms with Gasteiger partial charge >= 0.3 is 5.91 Å².